The summed E-state index contributed by atoms with van der Waals surface area (Å²) in [6, 6.07) is 21.0. The number of hydrogen-bond donors (Lipinski definition) is 1. The van der Waals surface area contributed by atoms with Crippen LogP contribution < -0.4 is 5.32 Å². The molecule has 2 aromatic carbocycles. The minimum absolute atomic E-state index is 0.0449. The number of amides is 1. The van der Waals surface area contributed by atoms with Crippen LogP contribution in [-0.2, 0) is 14.6 Å². The number of benzene rings is 2. The van der Waals surface area contributed by atoms with E-state index in [1.54, 1.807) is 4.90 Å². The molecular formula is C23H29N3O3S. The Kier molecular flexibility index (Phi) is 6.51. The summed E-state index contributed by atoms with van der Waals surface area (Å²) in [6.45, 7) is 3.09. The van der Waals surface area contributed by atoms with E-state index < -0.39 is 9.84 Å². The molecule has 2 saturated heterocycles. The highest BCUT2D eigenvalue weighted by atomic mass is 32.2. The maximum Gasteiger partial charge on any atom is 0.224 e. The minimum atomic E-state index is -3.00. The van der Waals surface area contributed by atoms with Gasteiger partial charge in [-0.05, 0) is 11.1 Å². The Morgan fingerprint density at radius 1 is 0.933 bits per heavy atom. The number of nitrogens with zero attached hydrogens (tertiary/aromatic N) is 2. The number of sulfone groups is 1. The van der Waals surface area contributed by atoms with Crippen molar-refractivity contribution in [3.05, 3.63) is 71.8 Å². The van der Waals surface area contributed by atoms with Crippen LogP contribution in [0.1, 0.15) is 23.6 Å². The molecule has 0 aliphatic carbocycles. The van der Waals surface area contributed by atoms with Gasteiger partial charge in [-0.1, -0.05) is 60.7 Å². The monoisotopic (exact) mass is 427 g/mol. The quantitative estimate of drug-likeness (QED) is 0.787. The zero-order chi connectivity index (χ0) is 21.0. The van der Waals surface area contributed by atoms with Gasteiger partial charge in [-0.2, -0.15) is 0 Å². The molecule has 30 heavy (non-hydrogen) atoms. The van der Waals surface area contributed by atoms with E-state index in [4.69, 9.17) is 0 Å². The molecule has 2 fully saturated rings. The van der Waals surface area contributed by atoms with E-state index in [-0.39, 0.29) is 29.5 Å². The second-order valence-electron chi connectivity index (χ2n) is 8.06. The Hall–Kier alpha value is -2.22. The van der Waals surface area contributed by atoms with Crippen LogP contribution in [0, 0.1) is 0 Å². The largest absolute Gasteiger partial charge is 0.341 e. The van der Waals surface area contributed by atoms with Crippen molar-refractivity contribution in [2.45, 2.75) is 18.5 Å². The molecular weight excluding hydrogens is 398 g/mol. The van der Waals surface area contributed by atoms with Gasteiger partial charge in [0.05, 0.1) is 17.5 Å². The van der Waals surface area contributed by atoms with Crippen LogP contribution in [-0.4, -0.2) is 74.4 Å². The van der Waals surface area contributed by atoms with E-state index in [0.29, 0.717) is 19.5 Å². The molecule has 0 radical (unpaired) electrons. The zero-order valence-electron chi connectivity index (χ0n) is 17.1. The molecule has 7 heteroatoms. The van der Waals surface area contributed by atoms with Gasteiger partial charge < -0.3 is 10.2 Å². The van der Waals surface area contributed by atoms with Crippen molar-refractivity contribution < 1.29 is 13.2 Å². The first-order valence-corrected chi connectivity index (χ1v) is 12.4. The fourth-order valence-electron chi connectivity index (χ4n) is 4.44. The summed E-state index contributed by atoms with van der Waals surface area (Å²) in [6.07, 6.45) is 0.392. The molecule has 6 nitrogen and oxygen atoms in total. The van der Waals surface area contributed by atoms with E-state index in [1.165, 1.54) is 11.1 Å². The van der Waals surface area contributed by atoms with Gasteiger partial charge in [-0.25, -0.2) is 8.42 Å². The van der Waals surface area contributed by atoms with Crippen LogP contribution in [0.25, 0.3) is 0 Å². The molecule has 4 rings (SSSR count). The summed E-state index contributed by atoms with van der Waals surface area (Å²) in [5.41, 5.74) is 2.43. The predicted octanol–water partition coefficient (Wildman–Crippen LogP) is 1.70. The first kappa shape index (κ1) is 21.0. The van der Waals surface area contributed by atoms with E-state index in [9.17, 15) is 13.2 Å². The SMILES string of the molecule is O=C(C[C@@H]1CNCCN1C(c1ccccc1)c1ccccc1)N1CCS(=O)(=O)CC1. The Labute approximate surface area is 178 Å². The number of hydrogen-bond acceptors (Lipinski definition) is 5. The zero-order valence-corrected chi connectivity index (χ0v) is 17.9. The average Bonchev–Trinajstić information content (AvgIpc) is 2.76. The second kappa shape index (κ2) is 9.29. The molecule has 1 amide bonds. The van der Waals surface area contributed by atoms with Crippen molar-refractivity contribution in [2.24, 2.45) is 0 Å². The maximum absolute atomic E-state index is 13.0. The van der Waals surface area contributed by atoms with Crippen LogP contribution >= 0.6 is 0 Å². The third-order valence-electron chi connectivity index (χ3n) is 6.07. The number of piperazine rings is 1. The van der Waals surface area contributed by atoms with Gasteiger partial charge >= 0.3 is 0 Å². The summed E-state index contributed by atoms with van der Waals surface area (Å²) >= 11 is 0. The lowest BCUT2D eigenvalue weighted by molar-refractivity contribution is -0.132. The van der Waals surface area contributed by atoms with Crippen molar-refractivity contribution in [3.63, 3.8) is 0 Å². The van der Waals surface area contributed by atoms with Crippen LogP contribution in [0.3, 0.4) is 0 Å². The molecule has 0 saturated carbocycles. The van der Waals surface area contributed by atoms with Gasteiger partial charge in [-0.15, -0.1) is 0 Å². The first-order valence-electron chi connectivity index (χ1n) is 10.6. The fraction of sp³-hybridized carbons (Fsp3) is 0.435. The van der Waals surface area contributed by atoms with Gasteiger partial charge in [0.1, 0.15) is 0 Å². The normalized spacial score (nSPS) is 22.2. The third kappa shape index (κ3) is 4.91. The van der Waals surface area contributed by atoms with Crippen molar-refractivity contribution in [1.29, 1.82) is 0 Å². The molecule has 2 aliphatic heterocycles. The average molecular weight is 428 g/mol. The van der Waals surface area contributed by atoms with Crippen molar-refractivity contribution in [1.82, 2.24) is 15.1 Å². The molecule has 2 aromatic rings. The molecule has 0 bridgehead atoms. The summed E-state index contributed by atoms with van der Waals surface area (Å²) in [4.78, 5) is 17.1. The van der Waals surface area contributed by atoms with E-state index in [0.717, 1.165) is 19.6 Å². The smallest absolute Gasteiger partial charge is 0.224 e. The van der Waals surface area contributed by atoms with Gasteiger partial charge in [0.2, 0.25) is 5.91 Å². The standard InChI is InChI=1S/C23H29N3O3S/c27-22(25-13-15-30(28,29)16-14-25)17-21-18-24-11-12-26(21)23(19-7-3-1-4-8-19)20-9-5-2-6-10-20/h1-10,21,23-24H,11-18H2/t21-/m1/s1. The summed E-state index contributed by atoms with van der Waals surface area (Å²) in [5, 5.41) is 3.44. The highest BCUT2D eigenvalue weighted by molar-refractivity contribution is 7.91. The highest BCUT2D eigenvalue weighted by Crippen LogP contribution is 2.31. The molecule has 2 aliphatic rings. The van der Waals surface area contributed by atoms with Crippen molar-refractivity contribution in [3.8, 4) is 0 Å². The van der Waals surface area contributed by atoms with Gasteiger partial charge in [0.25, 0.3) is 0 Å². The summed E-state index contributed by atoms with van der Waals surface area (Å²) in [7, 11) is -3.00. The Morgan fingerprint density at radius 3 is 2.07 bits per heavy atom. The van der Waals surface area contributed by atoms with Crippen LogP contribution in [0.2, 0.25) is 0 Å². The number of carbonyl (C=O) groups excluding carboxylic acids is 1. The van der Waals surface area contributed by atoms with E-state index in [1.807, 2.05) is 12.1 Å². The number of carbonyl (C=O) groups is 1. The van der Waals surface area contributed by atoms with Gasteiger partial charge in [-0.3, -0.25) is 9.69 Å². The minimum Gasteiger partial charge on any atom is -0.341 e. The second-order valence-corrected chi connectivity index (χ2v) is 10.4. The Morgan fingerprint density at radius 2 is 1.50 bits per heavy atom. The number of rotatable bonds is 5. The molecule has 1 N–H and O–H groups in total. The van der Waals surface area contributed by atoms with E-state index in [2.05, 4.69) is 58.7 Å². The molecule has 0 aromatic heterocycles. The van der Waals surface area contributed by atoms with Gasteiger partial charge in [0.15, 0.2) is 9.84 Å². The lowest BCUT2D eigenvalue weighted by Crippen LogP contribution is -2.55. The topological polar surface area (TPSA) is 69.7 Å². The lowest BCUT2D eigenvalue weighted by Gasteiger charge is -2.42. The molecule has 0 unspecified atom stereocenters. The van der Waals surface area contributed by atoms with Crippen LogP contribution in [0.4, 0.5) is 0 Å². The predicted molar refractivity (Wildman–Crippen MR) is 118 cm³/mol. The Balaban J connectivity index is 1.56. The van der Waals surface area contributed by atoms with Crippen LogP contribution in [0.5, 0.6) is 0 Å². The number of nitrogens with one attached hydrogen (secondary N) is 1. The molecule has 0 spiro atoms. The third-order valence-corrected chi connectivity index (χ3v) is 7.67. The molecule has 1 atom stereocenters. The Bertz CT molecular complexity index is 897. The molecule has 160 valence electrons. The highest BCUT2D eigenvalue weighted by Gasteiger charge is 2.34. The van der Waals surface area contributed by atoms with E-state index >= 15 is 0 Å². The van der Waals surface area contributed by atoms with Crippen molar-refractivity contribution >= 4 is 15.7 Å². The van der Waals surface area contributed by atoms with Crippen LogP contribution in [0.15, 0.2) is 60.7 Å². The van der Waals surface area contributed by atoms with Crippen molar-refractivity contribution in [2.75, 3.05) is 44.2 Å². The maximum atomic E-state index is 13.0. The fourth-order valence-corrected chi connectivity index (χ4v) is 5.65. The molecule has 2 heterocycles. The first-order chi connectivity index (χ1) is 14.5. The van der Waals surface area contributed by atoms with Gasteiger partial charge in [0, 0.05) is 45.2 Å². The lowest BCUT2D eigenvalue weighted by atomic mass is 9.94. The summed E-state index contributed by atoms with van der Waals surface area (Å²) in [5.74, 6) is 0.188. The summed E-state index contributed by atoms with van der Waals surface area (Å²) < 4.78 is 23.4.